The molecule has 0 spiro atoms. The van der Waals surface area contributed by atoms with Crippen LogP contribution in [0.1, 0.15) is 19.4 Å². The number of anilines is 1. The molecule has 0 saturated heterocycles. The van der Waals surface area contributed by atoms with Gasteiger partial charge in [-0.3, -0.25) is 15.5 Å². The molecular weight excluding hydrogens is 488 g/mol. The molecule has 0 aromatic heterocycles. The molecule has 8 nitrogen and oxygen atoms in total. The summed E-state index contributed by atoms with van der Waals surface area (Å²) in [6, 6.07) is 19.1. The highest BCUT2D eigenvalue weighted by molar-refractivity contribution is 7.89. The van der Waals surface area contributed by atoms with E-state index in [-0.39, 0.29) is 29.4 Å². The molecule has 10 heteroatoms. The highest BCUT2D eigenvalue weighted by atomic mass is 35.5. The molecule has 0 aliphatic carbocycles. The Balaban J connectivity index is 1.75. The van der Waals surface area contributed by atoms with Crippen molar-refractivity contribution in [2.24, 2.45) is 5.10 Å². The van der Waals surface area contributed by atoms with Gasteiger partial charge in [-0.1, -0.05) is 74.0 Å². The molecular formula is C25H23ClN4O4S. The zero-order chi connectivity index (χ0) is 25.2. The van der Waals surface area contributed by atoms with Crippen molar-refractivity contribution >= 4 is 60.8 Å². The number of nitrogens with zero attached hydrogens (tertiary/aromatic N) is 3. The fourth-order valence-electron chi connectivity index (χ4n) is 4.04. The fourth-order valence-corrected chi connectivity index (χ4v) is 5.85. The minimum absolute atomic E-state index is 0.0762. The Morgan fingerprint density at radius 3 is 2.03 bits per heavy atom. The summed E-state index contributed by atoms with van der Waals surface area (Å²) in [5.74, 6) is 0. The lowest BCUT2D eigenvalue weighted by atomic mass is 9.97. The van der Waals surface area contributed by atoms with Gasteiger partial charge in [0.25, 0.3) is 5.69 Å². The molecule has 4 rings (SSSR count). The zero-order valence-electron chi connectivity index (χ0n) is 19.1. The third kappa shape index (κ3) is 4.58. The largest absolute Gasteiger partial charge is 0.295 e. The first-order valence-corrected chi connectivity index (χ1v) is 12.8. The second-order valence-corrected chi connectivity index (χ2v) is 10.0. The number of rotatable bonds is 8. The topological polar surface area (TPSA) is 105 Å². The van der Waals surface area contributed by atoms with Gasteiger partial charge in [0.2, 0.25) is 10.0 Å². The van der Waals surface area contributed by atoms with Crippen LogP contribution in [0.5, 0.6) is 0 Å². The van der Waals surface area contributed by atoms with Crippen LogP contribution in [-0.4, -0.2) is 37.0 Å². The Morgan fingerprint density at radius 2 is 1.51 bits per heavy atom. The number of nitro groups is 1. The van der Waals surface area contributed by atoms with Crippen LogP contribution in [0, 0.1) is 10.1 Å². The summed E-state index contributed by atoms with van der Waals surface area (Å²) in [4.78, 5) is 10.9. The van der Waals surface area contributed by atoms with Crippen LogP contribution in [0.15, 0.2) is 76.7 Å². The molecule has 0 radical (unpaired) electrons. The Bertz CT molecular complexity index is 1510. The molecule has 4 aromatic rings. The Labute approximate surface area is 208 Å². The molecule has 0 fully saturated rings. The lowest BCUT2D eigenvalue weighted by Gasteiger charge is -2.18. The van der Waals surface area contributed by atoms with Crippen molar-refractivity contribution in [3.63, 3.8) is 0 Å². The number of hydrazone groups is 1. The molecule has 180 valence electrons. The van der Waals surface area contributed by atoms with Gasteiger partial charge in [-0.2, -0.15) is 9.41 Å². The molecule has 4 aromatic carbocycles. The molecule has 0 saturated carbocycles. The standard InChI is InChI=1S/C25H23ClN4O4S/c1-3-29(4-2)35(33,34)17-13-14-23(24(15-17)30(31)32)28-27-16-22-18-9-5-7-11-20(18)25(26)21-12-8-6-10-19(21)22/h5-16,28H,3-4H2,1-2H3. The Morgan fingerprint density at radius 1 is 0.971 bits per heavy atom. The van der Waals surface area contributed by atoms with Crippen LogP contribution in [0.25, 0.3) is 21.5 Å². The summed E-state index contributed by atoms with van der Waals surface area (Å²) in [7, 11) is -3.84. The van der Waals surface area contributed by atoms with E-state index in [1.54, 1.807) is 20.1 Å². The molecule has 0 aliphatic heterocycles. The first-order chi connectivity index (χ1) is 16.8. The van der Waals surface area contributed by atoms with Crippen molar-refractivity contribution in [3.8, 4) is 0 Å². The van der Waals surface area contributed by atoms with Crippen LogP contribution in [0.4, 0.5) is 11.4 Å². The van der Waals surface area contributed by atoms with E-state index in [0.717, 1.165) is 33.2 Å². The van der Waals surface area contributed by atoms with E-state index in [2.05, 4.69) is 10.5 Å². The molecule has 0 heterocycles. The van der Waals surface area contributed by atoms with E-state index in [1.165, 1.54) is 16.4 Å². The number of benzene rings is 4. The normalized spacial score (nSPS) is 12.1. The van der Waals surface area contributed by atoms with E-state index < -0.39 is 14.9 Å². The van der Waals surface area contributed by atoms with Crippen LogP contribution in [-0.2, 0) is 10.0 Å². The highest BCUT2D eigenvalue weighted by Crippen LogP contribution is 2.35. The lowest BCUT2D eigenvalue weighted by molar-refractivity contribution is -0.384. The lowest BCUT2D eigenvalue weighted by Crippen LogP contribution is -2.30. The van der Waals surface area contributed by atoms with Crippen molar-refractivity contribution in [2.45, 2.75) is 18.7 Å². The molecule has 0 amide bonds. The van der Waals surface area contributed by atoms with Crippen molar-refractivity contribution in [2.75, 3.05) is 18.5 Å². The van der Waals surface area contributed by atoms with Crippen molar-refractivity contribution in [1.82, 2.24) is 4.31 Å². The van der Waals surface area contributed by atoms with Gasteiger partial charge in [0.05, 0.1) is 21.1 Å². The minimum atomic E-state index is -3.84. The summed E-state index contributed by atoms with van der Waals surface area (Å²) in [5, 5.41) is 20.1. The van der Waals surface area contributed by atoms with Gasteiger partial charge < -0.3 is 0 Å². The summed E-state index contributed by atoms with van der Waals surface area (Å²) in [5.41, 5.74) is 3.20. The zero-order valence-corrected chi connectivity index (χ0v) is 20.7. The average Bonchev–Trinajstić information content (AvgIpc) is 2.86. The van der Waals surface area contributed by atoms with Crippen molar-refractivity contribution in [1.29, 1.82) is 0 Å². The maximum Gasteiger partial charge on any atom is 0.295 e. The fraction of sp³-hybridized carbons (Fsp3) is 0.160. The number of hydrogen-bond donors (Lipinski definition) is 1. The highest BCUT2D eigenvalue weighted by Gasteiger charge is 2.25. The van der Waals surface area contributed by atoms with Gasteiger partial charge in [0.15, 0.2) is 0 Å². The predicted molar refractivity (Wildman–Crippen MR) is 141 cm³/mol. The van der Waals surface area contributed by atoms with Gasteiger partial charge in [-0.05, 0) is 22.9 Å². The van der Waals surface area contributed by atoms with E-state index >= 15 is 0 Å². The number of fused-ring (bicyclic) bond motifs is 2. The van der Waals surface area contributed by atoms with E-state index in [9.17, 15) is 18.5 Å². The van der Waals surface area contributed by atoms with Crippen molar-refractivity contribution in [3.05, 3.63) is 87.4 Å². The van der Waals surface area contributed by atoms with Gasteiger partial charge in [0.1, 0.15) is 5.69 Å². The second-order valence-electron chi connectivity index (χ2n) is 7.71. The molecule has 0 aliphatic rings. The first kappa shape index (κ1) is 24.6. The monoisotopic (exact) mass is 510 g/mol. The predicted octanol–water partition coefficient (Wildman–Crippen LogP) is 6.03. The molecule has 0 bridgehead atoms. The van der Waals surface area contributed by atoms with Crippen molar-refractivity contribution < 1.29 is 13.3 Å². The number of nitro benzene ring substituents is 1. The van der Waals surface area contributed by atoms with Gasteiger partial charge >= 0.3 is 0 Å². The molecule has 0 atom stereocenters. The SMILES string of the molecule is CCN(CC)S(=O)(=O)c1ccc(NN=Cc2c3ccccc3c(Cl)c3ccccc23)c([N+](=O)[O-])c1. The van der Waals surface area contributed by atoms with E-state index in [4.69, 9.17) is 11.6 Å². The number of halogens is 1. The maximum absolute atomic E-state index is 12.8. The number of hydrogen-bond acceptors (Lipinski definition) is 6. The molecule has 35 heavy (non-hydrogen) atoms. The van der Waals surface area contributed by atoms with E-state index in [0.29, 0.717) is 5.02 Å². The Kier molecular flexibility index (Phi) is 7.02. The second kappa shape index (κ2) is 9.99. The first-order valence-electron chi connectivity index (χ1n) is 11.0. The summed E-state index contributed by atoms with van der Waals surface area (Å²) in [6.45, 7) is 3.95. The van der Waals surface area contributed by atoms with Gasteiger partial charge in [0, 0.05) is 35.5 Å². The quantitative estimate of drug-likeness (QED) is 0.135. The number of sulfonamides is 1. The minimum Gasteiger partial charge on any atom is -0.272 e. The summed E-state index contributed by atoms with van der Waals surface area (Å²) >= 11 is 6.64. The summed E-state index contributed by atoms with van der Waals surface area (Å²) < 4.78 is 26.8. The molecule has 1 N–H and O–H groups in total. The molecule has 0 unspecified atom stereocenters. The van der Waals surface area contributed by atoms with Crippen LogP contribution >= 0.6 is 11.6 Å². The van der Waals surface area contributed by atoms with Gasteiger partial charge in [-0.15, -0.1) is 0 Å². The van der Waals surface area contributed by atoms with Crippen LogP contribution in [0.3, 0.4) is 0 Å². The number of nitrogens with one attached hydrogen (secondary N) is 1. The van der Waals surface area contributed by atoms with Gasteiger partial charge in [-0.25, -0.2) is 8.42 Å². The Hall–Kier alpha value is -3.53. The third-order valence-electron chi connectivity index (χ3n) is 5.80. The smallest absolute Gasteiger partial charge is 0.272 e. The average molecular weight is 511 g/mol. The van der Waals surface area contributed by atoms with Crippen LogP contribution < -0.4 is 5.43 Å². The third-order valence-corrected chi connectivity index (χ3v) is 8.25. The van der Waals surface area contributed by atoms with E-state index in [1.807, 2.05) is 48.5 Å². The summed E-state index contributed by atoms with van der Waals surface area (Å²) in [6.07, 6.45) is 1.59. The van der Waals surface area contributed by atoms with Crippen LogP contribution in [0.2, 0.25) is 5.02 Å². The maximum atomic E-state index is 12.8.